The van der Waals surface area contributed by atoms with E-state index in [1.54, 1.807) is 0 Å². The zero-order valence-electron chi connectivity index (χ0n) is 18.6. The summed E-state index contributed by atoms with van der Waals surface area (Å²) in [6.07, 6.45) is 26.3. The molecule has 0 bridgehead atoms. The lowest BCUT2D eigenvalue weighted by molar-refractivity contribution is 0.547. The largest absolute Gasteiger partial charge is 0.293 e. The van der Waals surface area contributed by atoms with Crippen molar-refractivity contribution in [3.05, 3.63) is 53.4 Å². The molecule has 2 nitrogen and oxygen atoms in total. The molecule has 0 amide bonds. The van der Waals surface area contributed by atoms with Gasteiger partial charge in [0.05, 0.1) is 0 Å². The molecule has 0 aliphatic heterocycles. The van der Waals surface area contributed by atoms with Crippen molar-refractivity contribution >= 4 is 6.21 Å². The summed E-state index contributed by atoms with van der Waals surface area (Å²) in [5.74, 6) is 0. The number of hydrogen-bond donors (Lipinski definition) is 0. The second-order valence-electron chi connectivity index (χ2n) is 7.90. The number of aryl methyl sites for hydroxylation is 1. The number of nitrogens with zero attached hydrogens (tertiary/aromatic N) is 2. The minimum absolute atomic E-state index is 0.972. The molecule has 0 N–H and O–H groups in total. The Hall–Kier alpha value is -1.70. The molecule has 2 heteroatoms. The van der Waals surface area contributed by atoms with E-state index in [9.17, 15) is 0 Å². The number of rotatable bonds is 16. The molecule has 156 valence electrons. The summed E-state index contributed by atoms with van der Waals surface area (Å²) < 4.78 is 0. The van der Waals surface area contributed by atoms with Crippen molar-refractivity contribution < 1.29 is 0 Å². The first-order chi connectivity index (χ1) is 13.7. The molecule has 0 aliphatic rings. The summed E-state index contributed by atoms with van der Waals surface area (Å²) in [5, 5.41) is 0. The third-order valence-electron chi connectivity index (χ3n) is 5.30. The van der Waals surface area contributed by atoms with E-state index in [0.29, 0.717) is 0 Å². The van der Waals surface area contributed by atoms with Gasteiger partial charge in [0, 0.05) is 25.2 Å². The zero-order chi connectivity index (χ0) is 20.3. The summed E-state index contributed by atoms with van der Waals surface area (Å²) in [4.78, 5) is 8.73. The van der Waals surface area contributed by atoms with Gasteiger partial charge < -0.3 is 0 Å². The minimum atomic E-state index is 0.972. The first-order valence-electron chi connectivity index (χ1n) is 11.4. The predicted octanol–water partition coefficient (Wildman–Crippen LogP) is 7.90. The molecule has 1 aromatic heterocycles. The van der Waals surface area contributed by atoms with Crippen molar-refractivity contribution in [3.8, 4) is 0 Å². The van der Waals surface area contributed by atoms with Gasteiger partial charge in [-0.05, 0) is 62.8 Å². The maximum absolute atomic E-state index is 4.56. The number of aliphatic imine (C=N–C) groups is 1. The highest BCUT2D eigenvalue weighted by atomic mass is 14.7. The summed E-state index contributed by atoms with van der Waals surface area (Å²) in [6, 6.07) is 4.22. The minimum Gasteiger partial charge on any atom is -0.293 e. The molecule has 0 aliphatic carbocycles. The van der Waals surface area contributed by atoms with Crippen LogP contribution in [0.15, 0.2) is 52.8 Å². The Kier molecular flexibility index (Phi) is 15.1. The quantitative estimate of drug-likeness (QED) is 0.162. The molecule has 28 heavy (non-hydrogen) atoms. The van der Waals surface area contributed by atoms with Crippen LogP contribution in [0.5, 0.6) is 0 Å². The first-order valence-corrected chi connectivity index (χ1v) is 11.4. The van der Waals surface area contributed by atoms with Crippen molar-refractivity contribution in [2.24, 2.45) is 4.99 Å². The molecule has 0 radical (unpaired) electrons. The Labute approximate surface area is 174 Å². The Morgan fingerprint density at radius 3 is 2.04 bits per heavy atom. The van der Waals surface area contributed by atoms with E-state index in [-0.39, 0.29) is 0 Å². The van der Waals surface area contributed by atoms with Gasteiger partial charge in [0.2, 0.25) is 0 Å². The first kappa shape index (κ1) is 24.3. The number of aromatic nitrogens is 1. The van der Waals surface area contributed by atoms with Gasteiger partial charge in [-0.3, -0.25) is 9.98 Å². The van der Waals surface area contributed by atoms with E-state index in [1.807, 2.05) is 24.7 Å². The monoisotopic (exact) mass is 382 g/mol. The zero-order valence-corrected chi connectivity index (χ0v) is 18.6. The molecule has 1 heterocycles. The average Bonchev–Trinajstić information content (AvgIpc) is 2.71. The molecule has 0 atom stereocenters. The third-order valence-corrected chi connectivity index (χ3v) is 5.30. The van der Waals surface area contributed by atoms with E-state index in [2.05, 4.69) is 49.0 Å². The highest BCUT2D eigenvalue weighted by Gasteiger charge is 1.95. The number of pyridine rings is 1. The second-order valence-corrected chi connectivity index (χ2v) is 7.90. The van der Waals surface area contributed by atoms with Crippen LogP contribution in [0, 0.1) is 0 Å². The normalized spacial score (nSPS) is 12.8. The summed E-state index contributed by atoms with van der Waals surface area (Å²) in [5.41, 5.74) is 3.96. The molecule has 0 saturated heterocycles. The molecule has 1 aromatic rings. The topological polar surface area (TPSA) is 25.2 Å². The van der Waals surface area contributed by atoms with Crippen LogP contribution in [0.25, 0.3) is 0 Å². The van der Waals surface area contributed by atoms with Gasteiger partial charge in [0.15, 0.2) is 0 Å². The molecular weight excluding hydrogens is 340 g/mol. The van der Waals surface area contributed by atoms with Crippen molar-refractivity contribution in [1.82, 2.24) is 4.98 Å². The SMILES string of the molecule is C\C=C/C(C)=C(C)\C=N\CCCCCCCCCCCCCc1cccnc1. The van der Waals surface area contributed by atoms with Crippen LogP contribution in [-0.2, 0) is 6.42 Å². The summed E-state index contributed by atoms with van der Waals surface area (Å²) in [6.45, 7) is 7.31. The van der Waals surface area contributed by atoms with Gasteiger partial charge in [-0.1, -0.05) is 76.0 Å². The van der Waals surface area contributed by atoms with Gasteiger partial charge in [-0.2, -0.15) is 0 Å². The molecule has 1 rings (SSSR count). The lowest BCUT2D eigenvalue weighted by Crippen LogP contribution is -1.88. The van der Waals surface area contributed by atoms with Crippen LogP contribution in [0.4, 0.5) is 0 Å². The Bertz CT molecular complexity index is 569. The van der Waals surface area contributed by atoms with Crippen LogP contribution in [0.2, 0.25) is 0 Å². The highest BCUT2D eigenvalue weighted by molar-refractivity contribution is 5.79. The summed E-state index contributed by atoms with van der Waals surface area (Å²) in [7, 11) is 0. The molecule has 0 spiro atoms. The Morgan fingerprint density at radius 1 is 0.857 bits per heavy atom. The van der Waals surface area contributed by atoms with Gasteiger partial charge in [0.1, 0.15) is 0 Å². The van der Waals surface area contributed by atoms with Gasteiger partial charge >= 0.3 is 0 Å². The van der Waals surface area contributed by atoms with Crippen LogP contribution in [0.3, 0.4) is 0 Å². The van der Waals surface area contributed by atoms with E-state index in [1.165, 1.54) is 93.8 Å². The average molecular weight is 383 g/mol. The molecule has 0 unspecified atom stereocenters. The fourth-order valence-corrected chi connectivity index (χ4v) is 3.35. The fraction of sp³-hybridized carbons (Fsp3) is 0.615. The van der Waals surface area contributed by atoms with Crippen molar-refractivity contribution in [1.29, 1.82) is 0 Å². The van der Waals surface area contributed by atoms with Crippen LogP contribution in [0.1, 0.15) is 97.0 Å². The van der Waals surface area contributed by atoms with E-state index < -0.39 is 0 Å². The van der Waals surface area contributed by atoms with Gasteiger partial charge in [-0.25, -0.2) is 0 Å². The van der Waals surface area contributed by atoms with E-state index in [4.69, 9.17) is 0 Å². The lowest BCUT2D eigenvalue weighted by atomic mass is 10.0. The van der Waals surface area contributed by atoms with Crippen molar-refractivity contribution in [2.75, 3.05) is 6.54 Å². The van der Waals surface area contributed by atoms with E-state index in [0.717, 1.165) is 6.54 Å². The van der Waals surface area contributed by atoms with Crippen LogP contribution in [-0.4, -0.2) is 17.7 Å². The van der Waals surface area contributed by atoms with Crippen LogP contribution < -0.4 is 0 Å². The van der Waals surface area contributed by atoms with Gasteiger partial charge in [-0.15, -0.1) is 0 Å². The molecule has 0 fully saturated rings. The molecule has 0 saturated carbocycles. The number of unbranched alkanes of at least 4 members (excludes halogenated alkanes) is 10. The lowest BCUT2D eigenvalue weighted by Gasteiger charge is -2.03. The maximum atomic E-state index is 4.56. The number of hydrogen-bond acceptors (Lipinski definition) is 2. The standard InChI is InChI=1S/C26H42N2/c1-4-17-24(2)25(3)22-27-20-15-13-11-9-7-5-6-8-10-12-14-18-26-19-16-21-28-23-26/h4,16-17,19,21-23H,5-15,18,20H2,1-3H3/b17-4-,25-24-,27-22+. The third kappa shape index (κ3) is 13.5. The van der Waals surface area contributed by atoms with Crippen molar-refractivity contribution in [2.45, 2.75) is 97.8 Å². The molecule has 0 aromatic carbocycles. The Balaban J connectivity index is 1.83. The predicted molar refractivity (Wildman–Crippen MR) is 125 cm³/mol. The maximum Gasteiger partial charge on any atom is 0.0389 e. The summed E-state index contributed by atoms with van der Waals surface area (Å²) >= 11 is 0. The number of allylic oxidation sites excluding steroid dienone is 4. The van der Waals surface area contributed by atoms with Crippen LogP contribution >= 0.6 is 0 Å². The second kappa shape index (κ2) is 17.4. The highest BCUT2D eigenvalue weighted by Crippen LogP contribution is 2.12. The van der Waals surface area contributed by atoms with Crippen molar-refractivity contribution in [3.63, 3.8) is 0 Å². The molecular formula is C26H42N2. The smallest absolute Gasteiger partial charge is 0.0389 e. The fourth-order valence-electron chi connectivity index (χ4n) is 3.35. The van der Waals surface area contributed by atoms with Gasteiger partial charge in [0.25, 0.3) is 0 Å². The Morgan fingerprint density at radius 2 is 1.46 bits per heavy atom. The van der Waals surface area contributed by atoms with E-state index >= 15 is 0 Å².